The van der Waals surface area contributed by atoms with Crippen LogP contribution < -0.4 is 20.5 Å². The van der Waals surface area contributed by atoms with Crippen molar-refractivity contribution < 1.29 is 9.47 Å². The highest BCUT2D eigenvalue weighted by molar-refractivity contribution is 5.72. The van der Waals surface area contributed by atoms with E-state index in [1.165, 1.54) is 0 Å². The fourth-order valence-electron chi connectivity index (χ4n) is 1.76. The molecule has 1 aliphatic rings. The van der Waals surface area contributed by atoms with Gasteiger partial charge < -0.3 is 20.5 Å². The van der Waals surface area contributed by atoms with E-state index in [1.54, 1.807) is 0 Å². The maximum Gasteiger partial charge on any atom is 0.163 e. The predicted octanol–water partition coefficient (Wildman–Crippen LogP) is 2.74. The summed E-state index contributed by atoms with van der Waals surface area (Å²) in [7, 11) is 0. The van der Waals surface area contributed by atoms with Gasteiger partial charge in [-0.1, -0.05) is 20.8 Å². The van der Waals surface area contributed by atoms with Gasteiger partial charge in [0.05, 0.1) is 11.4 Å². The van der Waals surface area contributed by atoms with Gasteiger partial charge >= 0.3 is 0 Å². The summed E-state index contributed by atoms with van der Waals surface area (Å²) in [6, 6.07) is 3.76. The number of anilines is 2. The molecule has 0 radical (unpaired) electrons. The first-order valence-electron chi connectivity index (χ1n) is 6.51. The van der Waals surface area contributed by atoms with E-state index < -0.39 is 0 Å². The van der Waals surface area contributed by atoms with Crippen LogP contribution in [0.25, 0.3) is 0 Å². The topological polar surface area (TPSA) is 56.5 Å². The van der Waals surface area contributed by atoms with Gasteiger partial charge in [-0.15, -0.1) is 0 Å². The van der Waals surface area contributed by atoms with Gasteiger partial charge in [0.2, 0.25) is 0 Å². The first kappa shape index (κ1) is 12.9. The van der Waals surface area contributed by atoms with Gasteiger partial charge in [-0.25, -0.2) is 0 Å². The Labute approximate surface area is 108 Å². The van der Waals surface area contributed by atoms with Crippen LogP contribution in [0.1, 0.15) is 20.8 Å². The molecule has 4 heteroatoms. The fourth-order valence-corrected chi connectivity index (χ4v) is 1.76. The molecule has 0 saturated heterocycles. The van der Waals surface area contributed by atoms with E-state index in [0.717, 1.165) is 23.7 Å². The minimum atomic E-state index is 0.587. The average Bonchev–Trinajstić information content (AvgIpc) is 2.35. The van der Waals surface area contributed by atoms with Crippen LogP contribution in [0.5, 0.6) is 11.5 Å². The lowest BCUT2D eigenvalue weighted by Crippen LogP contribution is -2.18. The Morgan fingerprint density at radius 3 is 2.39 bits per heavy atom. The Hall–Kier alpha value is -1.58. The highest BCUT2D eigenvalue weighted by Crippen LogP contribution is 2.37. The first-order chi connectivity index (χ1) is 8.58. The van der Waals surface area contributed by atoms with Crippen LogP contribution >= 0.6 is 0 Å². The van der Waals surface area contributed by atoms with Crippen LogP contribution in [-0.4, -0.2) is 19.8 Å². The number of nitrogen functional groups attached to an aromatic ring is 1. The highest BCUT2D eigenvalue weighted by Gasteiger charge is 2.15. The second kappa shape index (κ2) is 5.38. The molecule has 0 saturated carbocycles. The van der Waals surface area contributed by atoms with Crippen molar-refractivity contribution in [1.82, 2.24) is 0 Å². The second-order valence-corrected chi connectivity index (χ2v) is 5.19. The Balaban J connectivity index is 2.08. The summed E-state index contributed by atoms with van der Waals surface area (Å²) in [5.41, 5.74) is 7.64. The van der Waals surface area contributed by atoms with Crippen LogP contribution in [-0.2, 0) is 0 Å². The van der Waals surface area contributed by atoms with Gasteiger partial charge in [0.1, 0.15) is 13.2 Å². The molecule has 1 aliphatic heterocycles. The predicted molar refractivity (Wildman–Crippen MR) is 74.3 cm³/mol. The third kappa shape index (κ3) is 2.81. The number of ether oxygens (including phenoxy) is 2. The summed E-state index contributed by atoms with van der Waals surface area (Å²) < 4.78 is 11.0. The lowest BCUT2D eigenvalue weighted by molar-refractivity contribution is 0.172. The number of fused-ring (bicyclic) bond motifs is 1. The van der Waals surface area contributed by atoms with Gasteiger partial charge in [0, 0.05) is 18.7 Å². The summed E-state index contributed by atoms with van der Waals surface area (Å²) in [6.45, 7) is 8.76. The zero-order valence-corrected chi connectivity index (χ0v) is 11.3. The largest absolute Gasteiger partial charge is 0.486 e. The maximum absolute atomic E-state index is 6.01. The molecule has 0 bridgehead atoms. The molecule has 4 nitrogen and oxygen atoms in total. The average molecular weight is 250 g/mol. The van der Waals surface area contributed by atoms with Crippen LogP contribution in [0.4, 0.5) is 11.4 Å². The number of nitrogens with one attached hydrogen (secondary N) is 1. The molecule has 1 unspecified atom stereocenters. The molecule has 1 atom stereocenters. The Kier molecular flexibility index (Phi) is 3.84. The minimum Gasteiger partial charge on any atom is -0.486 e. The number of benzene rings is 1. The van der Waals surface area contributed by atoms with Crippen molar-refractivity contribution in [2.24, 2.45) is 11.8 Å². The molecule has 100 valence electrons. The molecule has 0 aromatic heterocycles. The molecule has 2 rings (SSSR count). The van der Waals surface area contributed by atoms with Crippen molar-refractivity contribution in [1.29, 1.82) is 0 Å². The van der Waals surface area contributed by atoms with Crippen molar-refractivity contribution in [3.05, 3.63) is 12.1 Å². The molecule has 18 heavy (non-hydrogen) atoms. The quantitative estimate of drug-likeness (QED) is 0.807. The van der Waals surface area contributed by atoms with Crippen molar-refractivity contribution in [2.45, 2.75) is 20.8 Å². The molecular formula is C14H22N2O2. The lowest BCUT2D eigenvalue weighted by atomic mass is 9.98. The third-order valence-corrected chi connectivity index (χ3v) is 3.47. The molecule has 0 fully saturated rings. The van der Waals surface area contributed by atoms with E-state index in [2.05, 4.69) is 26.1 Å². The standard InChI is InChI=1S/C14H22N2O2/c1-9(2)10(3)8-16-12-7-14-13(6-11(12)15)17-4-5-18-14/h6-7,9-10,16H,4-5,8,15H2,1-3H3. The lowest BCUT2D eigenvalue weighted by Gasteiger charge is -2.22. The molecule has 1 aromatic rings. The summed E-state index contributed by atoms with van der Waals surface area (Å²) in [6.07, 6.45) is 0. The van der Waals surface area contributed by atoms with Crippen LogP contribution in [0, 0.1) is 11.8 Å². The van der Waals surface area contributed by atoms with E-state index in [4.69, 9.17) is 15.2 Å². The smallest absolute Gasteiger partial charge is 0.163 e. The van der Waals surface area contributed by atoms with Crippen molar-refractivity contribution in [3.8, 4) is 11.5 Å². The number of hydrogen-bond acceptors (Lipinski definition) is 4. The maximum atomic E-state index is 6.01. The Bertz CT molecular complexity index is 419. The number of nitrogens with two attached hydrogens (primary N) is 1. The summed E-state index contributed by atoms with van der Waals surface area (Å²) in [5, 5.41) is 3.38. The zero-order valence-electron chi connectivity index (χ0n) is 11.3. The van der Waals surface area contributed by atoms with Gasteiger partial charge in [-0.05, 0) is 11.8 Å². The number of rotatable bonds is 4. The van der Waals surface area contributed by atoms with Crippen molar-refractivity contribution in [2.75, 3.05) is 30.8 Å². The van der Waals surface area contributed by atoms with Gasteiger partial charge in [0.15, 0.2) is 11.5 Å². The SMILES string of the molecule is CC(C)C(C)CNc1cc2c(cc1N)OCCO2. The van der Waals surface area contributed by atoms with E-state index in [-0.39, 0.29) is 0 Å². The van der Waals surface area contributed by atoms with Crippen LogP contribution in [0.3, 0.4) is 0 Å². The monoisotopic (exact) mass is 250 g/mol. The molecule has 3 N–H and O–H groups in total. The number of hydrogen-bond donors (Lipinski definition) is 2. The Morgan fingerprint density at radius 2 is 1.78 bits per heavy atom. The van der Waals surface area contributed by atoms with Crippen LogP contribution in [0.15, 0.2) is 12.1 Å². The summed E-state index contributed by atoms with van der Waals surface area (Å²) >= 11 is 0. The van der Waals surface area contributed by atoms with Crippen LogP contribution in [0.2, 0.25) is 0 Å². The van der Waals surface area contributed by atoms with Crippen molar-refractivity contribution in [3.63, 3.8) is 0 Å². The Morgan fingerprint density at radius 1 is 1.17 bits per heavy atom. The summed E-state index contributed by atoms with van der Waals surface area (Å²) in [5.74, 6) is 2.75. The van der Waals surface area contributed by atoms with Gasteiger partial charge in [-0.3, -0.25) is 0 Å². The molecule has 1 heterocycles. The first-order valence-corrected chi connectivity index (χ1v) is 6.51. The molecule has 0 aliphatic carbocycles. The van der Waals surface area contributed by atoms with Gasteiger partial charge in [-0.2, -0.15) is 0 Å². The fraction of sp³-hybridized carbons (Fsp3) is 0.571. The van der Waals surface area contributed by atoms with E-state index in [9.17, 15) is 0 Å². The third-order valence-electron chi connectivity index (χ3n) is 3.47. The van der Waals surface area contributed by atoms with Crippen molar-refractivity contribution >= 4 is 11.4 Å². The normalized spacial score (nSPS) is 15.6. The van der Waals surface area contributed by atoms with E-state index in [0.29, 0.717) is 30.7 Å². The van der Waals surface area contributed by atoms with E-state index in [1.807, 2.05) is 12.1 Å². The minimum absolute atomic E-state index is 0.587. The highest BCUT2D eigenvalue weighted by atomic mass is 16.6. The molecular weight excluding hydrogens is 228 g/mol. The molecule has 0 amide bonds. The second-order valence-electron chi connectivity index (χ2n) is 5.19. The zero-order chi connectivity index (χ0) is 13.1. The molecule has 1 aromatic carbocycles. The molecule has 0 spiro atoms. The van der Waals surface area contributed by atoms with Gasteiger partial charge in [0.25, 0.3) is 0 Å². The summed E-state index contributed by atoms with van der Waals surface area (Å²) in [4.78, 5) is 0. The van der Waals surface area contributed by atoms with E-state index >= 15 is 0 Å².